The molecule has 4 nitrogen and oxygen atoms in total. The Morgan fingerprint density at radius 3 is 2.60 bits per heavy atom. The largest absolute Gasteiger partial charge is 0.469 e. The van der Waals surface area contributed by atoms with E-state index in [9.17, 15) is 9.90 Å². The molecule has 0 aromatic carbocycles. The second kappa shape index (κ2) is 6.09. The summed E-state index contributed by atoms with van der Waals surface area (Å²) in [6.45, 7) is 9.18. The number of carbonyl (C=O) groups excluding carboxylic acids is 1. The topological polar surface area (TPSA) is 55.8 Å². The lowest BCUT2D eigenvalue weighted by Crippen LogP contribution is -2.60. The van der Waals surface area contributed by atoms with E-state index in [1.807, 2.05) is 6.92 Å². The zero-order valence-corrected chi connectivity index (χ0v) is 16.5. The van der Waals surface area contributed by atoms with Gasteiger partial charge in [0.25, 0.3) is 0 Å². The van der Waals surface area contributed by atoms with Crippen molar-refractivity contribution >= 4 is 5.97 Å². The first-order valence-electron chi connectivity index (χ1n) is 9.70. The Bertz CT molecular complexity index is 580. The van der Waals surface area contributed by atoms with E-state index >= 15 is 0 Å². The predicted molar refractivity (Wildman–Crippen MR) is 97.1 cm³/mol. The maximum atomic E-state index is 11.9. The smallest absolute Gasteiger partial charge is 0.308 e. The lowest BCUT2D eigenvalue weighted by Gasteiger charge is -2.61. The van der Waals surface area contributed by atoms with Crippen LogP contribution in [0.15, 0.2) is 11.6 Å². The SMILES string of the molecule is COC(=O)C[C@]1(C)CC[C@@]2(O1)C(CO)=CC[C@H]1C(C)(C)CCC[C@@]12C. The molecular weight excluding hydrogens is 316 g/mol. The van der Waals surface area contributed by atoms with Crippen LogP contribution >= 0.6 is 0 Å². The van der Waals surface area contributed by atoms with Gasteiger partial charge in [0.2, 0.25) is 0 Å². The molecule has 142 valence electrons. The molecule has 0 aromatic heterocycles. The zero-order valence-electron chi connectivity index (χ0n) is 16.5. The summed E-state index contributed by atoms with van der Waals surface area (Å²) in [4.78, 5) is 11.9. The first-order valence-corrected chi connectivity index (χ1v) is 9.70. The molecule has 2 aliphatic carbocycles. The van der Waals surface area contributed by atoms with Crippen molar-refractivity contribution in [2.45, 2.75) is 83.8 Å². The molecule has 1 heterocycles. The summed E-state index contributed by atoms with van der Waals surface area (Å²) >= 11 is 0. The van der Waals surface area contributed by atoms with Crippen molar-refractivity contribution in [1.29, 1.82) is 0 Å². The minimum Gasteiger partial charge on any atom is -0.469 e. The highest BCUT2D eigenvalue weighted by atomic mass is 16.5. The van der Waals surface area contributed by atoms with Crippen molar-refractivity contribution in [3.63, 3.8) is 0 Å². The number of hydrogen-bond donors (Lipinski definition) is 1. The number of fused-ring (bicyclic) bond motifs is 2. The highest BCUT2D eigenvalue weighted by Gasteiger charge is 2.65. The fourth-order valence-corrected chi connectivity index (χ4v) is 6.26. The number of ether oxygens (including phenoxy) is 2. The Morgan fingerprint density at radius 1 is 1.24 bits per heavy atom. The first-order chi connectivity index (χ1) is 11.6. The van der Waals surface area contributed by atoms with Crippen LogP contribution in [-0.4, -0.2) is 36.0 Å². The van der Waals surface area contributed by atoms with E-state index in [4.69, 9.17) is 9.47 Å². The van der Waals surface area contributed by atoms with Gasteiger partial charge in [0, 0.05) is 5.41 Å². The van der Waals surface area contributed by atoms with Gasteiger partial charge in [0.05, 0.1) is 31.3 Å². The summed E-state index contributed by atoms with van der Waals surface area (Å²) in [7, 11) is 1.43. The van der Waals surface area contributed by atoms with Gasteiger partial charge in [-0.15, -0.1) is 0 Å². The quantitative estimate of drug-likeness (QED) is 0.617. The molecule has 3 aliphatic rings. The van der Waals surface area contributed by atoms with E-state index < -0.39 is 11.2 Å². The van der Waals surface area contributed by atoms with E-state index in [0.29, 0.717) is 5.92 Å². The van der Waals surface area contributed by atoms with Crippen LogP contribution in [-0.2, 0) is 14.3 Å². The van der Waals surface area contributed by atoms with Gasteiger partial charge in [-0.1, -0.05) is 33.3 Å². The zero-order chi connectivity index (χ0) is 18.5. The van der Waals surface area contributed by atoms with Gasteiger partial charge in [-0.3, -0.25) is 4.79 Å². The van der Waals surface area contributed by atoms with E-state index in [0.717, 1.165) is 31.3 Å². The van der Waals surface area contributed by atoms with E-state index in [-0.39, 0.29) is 29.8 Å². The molecule has 3 rings (SSSR count). The van der Waals surface area contributed by atoms with Crippen molar-refractivity contribution in [2.24, 2.45) is 16.7 Å². The van der Waals surface area contributed by atoms with Crippen molar-refractivity contribution in [3.05, 3.63) is 11.6 Å². The van der Waals surface area contributed by atoms with Gasteiger partial charge in [-0.2, -0.15) is 0 Å². The molecule has 0 unspecified atom stereocenters. The Labute approximate surface area is 152 Å². The monoisotopic (exact) mass is 350 g/mol. The summed E-state index contributed by atoms with van der Waals surface area (Å²) < 4.78 is 11.7. The van der Waals surface area contributed by atoms with Crippen molar-refractivity contribution in [3.8, 4) is 0 Å². The highest BCUT2D eigenvalue weighted by Crippen LogP contribution is 2.66. The van der Waals surface area contributed by atoms with Crippen LogP contribution in [0.3, 0.4) is 0 Å². The number of esters is 1. The third kappa shape index (κ3) is 2.76. The van der Waals surface area contributed by atoms with Crippen LogP contribution in [0.4, 0.5) is 0 Å². The maximum absolute atomic E-state index is 11.9. The fraction of sp³-hybridized carbons (Fsp3) is 0.857. The molecule has 0 radical (unpaired) electrons. The maximum Gasteiger partial charge on any atom is 0.308 e. The van der Waals surface area contributed by atoms with Crippen LogP contribution in [0.25, 0.3) is 0 Å². The lowest BCUT2D eigenvalue weighted by molar-refractivity contribution is -0.195. The molecule has 1 saturated carbocycles. The standard InChI is InChI=1S/C21H34O4/c1-18(2)9-6-10-20(4)16(18)8-7-15(14-22)21(20)12-11-19(3,25-21)13-17(23)24-5/h7,16,22H,6,8-14H2,1-5H3/t16-,19-,20-,21+/m0/s1. The molecule has 2 fully saturated rings. The van der Waals surface area contributed by atoms with Crippen molar-refractivity contribution < 1.29 is 19.4 Å². The Hall–Kier alpha value is -0.870. The molecule has 1 N–H and O–H groups in total. The average molecular weight is 350 g/mol. The van der Waals surface area contributed by atoms with Crippen molar-refractivity contribution in [1.82, 2.24) is 0 Å². The average Bonchev–Trinajstić information content (AvgIpc) is 2.88. The van der Waals surface area contributed by atoms with Crippen LogP contribution in [0.5, 0.6) is 0 Å². The number of allylic oxidation sites excluding steroid dienone is 1. The van der Waals surface area contributed by atoms with E-state index in [1.54, 1.807) is 0 Å². The van der Waals surface area contributed by atoms with E-state index in [2.05, 4.69) is 26.8 Å². The number of aliphatic hydroxyl groups excluding tert-OH is 1. The number of hydrogen-bond acceptors (Lipinski definition) is 4. The first kappa shape index (κ1) is 18.9. The minimum absolute atomic E-state index is 0.00452. The van der Waals surface area contributed by atoms with Gasteiger partial charge in [0.15, 0.2) is 0 Å². The number of rotatable bonds is 3. The number of methoxy groups -OCH3 is 1. The second-order valence-corrected chi connectivity index (χ2v) is 9.57. The highest BCUT2D eigenvalue weighted by molar-refractivity contribution is 5.70. The van der Waals surface area contributed by atoms with Crippen molar-refractivity contribution in [2.75, 3.05) is 13.7 Å². The lowest BCUT2D eigenvalue weighted by atomic mass is 9.46. The molecule has 0 bridgehead atoms. The minimum atomic E-state index is -0.520. The molecule has 25 heavy (non-hydrogen) atoms. The Balaban J connectivity index is 2.01. The molecule has 1 aliphatic heterocycles. The van der Waals surface area contributed by atoms with Gasteiger partial charge in [0.1, 0.15) is 0 Å². The van der Waals surface area contributed by atoms with Crippen LogP contribution < -0.4 is 0 Å². The van der Waals surface area contributed by atoms with Crippen LogP contribution in [0.2, 0.25) is 0 Å². The van der Waals surface area contributed by atoms with Crippen LogP contribution in [0.1, 0.15) is 72.6 Å². The molecule has 1 spiro atoms. The third-order valence-corrected chi connectivity index (χ3v) is 7.61. The number of aliphatic hydroxyl groups is 1. The normalized spacial score (nSPS) is 42.8. The number of carbonyl (C=O) groups is 1. The fourth-order valence-electron chi connectivity index (χ4n) is 6.26. The van der Waals surface area contributed by atoms with Gasteiger partial charge >= 0.3 is 5.97 Å². The van der Waals surface area contributed by atoms with Gasteiger partial charge in [-0.25, -0.2) is 0 Å². The summed E-state index contributed by atoms with van der Waals surface area (Å²) in [6, 6.07) is 0. The molecule has 4 heteroatoms. The molecule has 4 atom stereocenters. The van der Waals surface area contributed by atoms with Gasteiger partial charge < -0.3 is 14.6 Å². The molecule has 0 amide bonds. The second-order valence-electron chi connectivity index (χ2n) is 9.57. The molecule has 1 saturated heterocycles. The summed E-state index contributed by atoms with van der Waals surface area (Å²) in [5, 5.41) is 10.1. The third-order valence-electron chi connectivity index (χ3n) is 7.61. The Kier molecular flexibility index (Phi) is 4.61. The summed E-state index contributed by atoms with van der Waals surface area (Å²) in [5.41, 5.74) is 0.314. The van der Waals surface area contributed by atoms with Gasteiger partial charge in [-0.05, 0) is 55.9 Å². The molecule has 0 aromatic rings. The summed E-state index contributed by atoms with van der Waals surface area (Å²) in [5.74, 6) is 0.306. The predicted octanol–water partition coefficient (Wildman–Crippen LogP) is 4.01. The van der Waals surface area contributed by atoms with E-state index in [1.165, 1.54) is 20.0 Å². The van der Waals surface area contributed by atoms with Crippen LogP contribution in [0, 0.1) is 16.7 Å². The Morgan fingerprint density at radius 2 is 1.96 bits per heavy atom. The molecular formula is C21H34O4. The summed E-state index contributed by atoms with van der Waals surface area (Å²) in [6.07, 6.45) is 8.75.